The summed E-state index contributed by atoms with van der Waals surface area (Å²) in [5.41, 5.74) is 2.52. The highest BCUT2D eigenvalue weighted by molar-refractivity contribution is 7.87. The zero-order valence-corrected chi connectivity index (χ0v) is 20.1. The van der Waals surface area contributed by atoms with Crippen LogP contribution in [0.25, 0.3) is 5.57 Å². The average molecular weight is 464 g/mol. The molecule has 0 aliphatic heterocycles. The van der Waals surface area contributed by atoms with Gasteiger partial charge >= 0.3 is 10.1 Å². The van der Waals surface area contributed by atoms with Crippen molar-refractivity contribution in [3.63, 3.8) is 0 Å². The molecule has 0 radical (unpaired) electrons. The molecule has 0 bridgehead atoms. The van der Waals surface area contributed by atoms with E-state index in [0.717, 1.165) is 18.4 Å². The number of benzene rings is 1. The quantitative estimate of drug-likeness (QED) is 0.217. The molecular formula is C22H29N3O6S. The van der Waals surface area contributed by atoms with Crippen LogP contribution < -0.4 is 4.18 Å². The van der Waals surface area contributed by atoms with Crippen LogP contribution in [-0.4, -0.2) is 34.7 Å². The van der Waals surface area contributed by atoms with Crippen molar-refractivity contribution >= 4 is 27.2 Å². The molecule has 10 heteroatoms. The Morgan fingerprint density at radius 2 is 1.84 bits per heavy atom. The average Bonchev–Trinajstić information content (AvgIpc) is 3.12. The number of carbonyl (C=O) groups is 1. The lowest BCUT2D eigenvalue weighted by molar-refractivity contribution is -0.385. The zero-order chi connectivity index (χ0) is 24.2. The number of unbranched alkanes of at least 4 members (excludes halogenated alkanes) is 1. The van der Waals surface area contributed by atoms with Crippen molar-refractivity contribution in [3.8, 4) is 5.88 Å². The largest absolute Gasteiger partial charge is 0.361 e. The van der Waals surface area contributed by atoms with Crippen LogP contribution >= 0.6 is 0 Å². The molecule has 0 saturated heterocycles. The molecule has 0 fully saturated rings. The first-order valence-electron chi connectivity index (χ1n) is 10.4. The van der Waals surface area contributed by atoms with E-state index < -0.39 is 20.8 Å². The first-order chi connectivity index (χ1) is 14.9. The second kappa shape index (κ2) is 10.1. The number of aryl methyl sites for hydroxylation is 1. The van der Waals surface area contributed by atoms with Gasteiger partial charge < -0.3 is 4.18 Å². The molecule has 2 rings (SSSR count). The van der Waals surface area contributed by atoms with Gasteiger partial charge in [-0.3, -0.25) is 14.9 Å². The Morgan fingerprint density at radius 3 is 2.38 bits per heavy atom. The predicted molar refractivity (Wildman–Crippen MR) is 122 cm³/mol. The van der Waals surface area contributed by atoms with Gasteiger partial charge in [0.2, 0.25) is 5.88 Å². The van der Waals surface area contributed by atoms with Gasteiger partial charge in [-0.2, -0.15) is 13.5 Å². The SMILES string of the molecule is CCCCn1ncc(C(=O)c2ccc([N+](=O)[O-])c(C(C)=C(C)C)c2C)c1OS(=O)(=O)CC. The van der Waals surface area contributed by atoms with Crippen LogP contribution in [0.4, 0.5) is 5.69 Å². The van der Waals surface area contributed by atoms with Gasteiger partial charge in [0, 0.05) is 18.2 Å². The standard InChI is InChI=1S/C22H29N3O6S/c1-7-9-12-24-22(31-32(29,30)8-2)18(13-23-24)21(26)17-10-11-19(25(27)28)20(16(17)6)15(5)14(3)4/h10-11,13H,7-9,12H2,1-6H3. The summed E-state index contributed by atoms with van der Waals surface area (Å²) < 4.78 is 30.9. The predicted octanol–water partition coefficient (Wildman–Crippen LogP) is 4.67. The Hall–Kier alpha value is -3.01. The van der Waals surface area contributed by atoms with Crippen LogP contribution in [0, 0.1) is 17.0 Å². The molecule has 1 heterocycles. The van der Waals surface area contributed by atoms with Gasteiger partial charge in [-0.1, -0.05) is 18.9 Å². The fourth-order valence-corrected chi connectivity index (χ4v) is 3.76. The minimum Gasteiger partial charge on any atom is -0.361 e. The van der Waals surface area contributed by atoms with E-state index in [-0.39, 0.29) is 28.4 Å². The van der Waals surface area contributed by atoms with Crippen molar-refractivity contribution in [1.29, 1.82) is 0 Å². The third-order valence-corrected chi connectivity index (χ3v) is 6.45. The van der Waals surface area contributed by atoms with E-state index in [2.05, 4.69) is 5.10 Å². The summed E-state index contributed by atoms with van der Waals surface area (Å²) in [4.78, 5) is 24.6. The number of ketones is 1. The second-order valence-corrected chi connectivity index (χ2v) is 9.57. The Bertz CT molecular complexity index is 1170. The van der Waals surface area contributed by atoms with Gasteiger partial charge in [0.15, 0.2) is 5.78 Å². The third kappa shape index (κ3) is 5.24. The lowest BCUT2D eigenvalue weighted by atomic mass is 9.90. The molecule has 0 atom stereocenters. The molecule has 0 aliphatic carbocycles. The Balaban J connectivity index is 2.70. The Labute approximate surface area is 188 Å². The highest BCUT2D eigenvalue weighted by atomic mass is 32.2. The van der Waals surface area contributed by atoms with Crippen molar-refractivity contribution in [3.05, 3.63) is 56.3 Å². The van der Waals surface area contributed by atoms with Crippen LogP contribution in [0.2, 0.25) is 0 Å². The lowest BCUT2D eigenvalue weighted by Crippen LogP contribution is -2.17. The zero-order valence-electron chi connectivity index (χ0n) is 19.3. The van der Waals surface area contributed by atoms with Crippen LogP contribution in [0.3, 0.4) is 0 Å². The van der Waals surface area contributed by atoms with Crippen molar-refractivity contribution in [1.82, 2.24) is 9.78 Å². The monoisotopic (exact) mass is 463 g/mol. The van der Waals surface area contributed by atoms with Crippen LogP contribution in [0.1, 0.15) is 74.5 Å². The Kier molecular flexibility index (Phi) is 7.95. The van der Waals surface area contributed by atoms with Crippen LogP contribution in [0.5, 0.6) is 5.88 Å². The molecule has 2 aromatic rings. The molecule has 1 aromatic carbocycles. The van der Waals surface area contributed by atoms with E-state index in [0.29, 0.717) is 23.2 Å². The number of hydrogen-bond donors (Lipinski definition) is 0. The van der Waals surface area contributed by atoms with Crippen LogP contribution in [-0.2, 0) is 16.7 Å². The van der Waals surface area contributed by atoms with Crippen molar-refractivity contribution in [2.45, 2.75) is 60.9 Å². The van der Waals surface area contributed by atoms with E-state index in [4.69, 9.17) is 4.18 Å². The first kappa shape index (κ1) is 25.3. The third-order valence-electron chi connectivity index (χ3n) is 5.33. The number of nitrogens with zero attached hydrogens (tertiary/aromatic N) is 3. The molecule has 0 spiro atoms. The van der Waals surface area contributed by atoms with Gasteiger partial charge in [0.25, 0.3) is 5.69 Å². The molecule has 9 nitrogen and oxygen atoms in total. The second-order valence-electron chi connectivity index (χ2n) is 7.71. The molecular weight excluding hydrogens is 434 g/mol. The fraction of sp³-hybridized carbons (Fsp3) is 0.455. The molecule has 1 aromatic heterocycles. The summed E-state index contributed by atoms with van der Waals surface area (Å²) in [7, 11) is -3.90. The van der Waals surface area contributed by atoms with E-state index in [1.807, 2.05) is 20.8 Å². The number of hydrogen-bond acceptors (Lipinski definition) is 7. The molecule has 0 N–H and O–H groups in total. The number of rotatable bonds is 10. The summed E-state index contributed by atoms with van der Waals surface area (Å²) in [6, 6.07) is 2.69. The van der Waals surface area contributed by atoms with Gasteiger partial charge in [0.05, 0.1) is 22.4 Å². The maximum Gasteiger partial charge on any atom is 0.310 e. The maximum atomic E-state index is 13.5. The summed E-state index contributed by atoms with van der Waals surface area (Å²) in [5, 5.41) is 15.8. The number of nitro groups is 1. The van der Waals surface area contributed by atoms with E-state index in [1.54, 1.807) is 13.8 Å². The molecule has 0 saturated carbocycles. The first-order valence-corrected chi connectivity index (χ1v) is 12.0. The van der Waals surface area contributed by atoms with Gasteiger partial charge in [-0.25, -0.2) is 4.68 Å². The number of carbonyl (C=O) groups excluding carboxylic acids is 1. The maximum absolute atomic E-state index is 13.5. The summed E-state index contributed by atoms with van der Waals surface area (Å²) in [5.74, 6) is -0.909. The van der Waals surface area contributed by atoms with Crippen molar-refractivity contribution in [2.24, 2.45) is 0 Å². The van der Waals surface area contributed by atoms with Crippen molar-refractivity contribution < 1.29 is 22.3 Å². The summed E-state index contributed by atoms with van der Waals surface area (Å²) in [6.07, 6.45) is 2.85. The number of allylic oxidation sites excluding steroid dienone is 2. The van der Waals surface area contributed by atoms with Crippen LogP contribution in [0.15, 0.2) is 23.9 Å². The minimum absolute atomic E-state index is 0.00381. The fourth-order valence-electron chi connectivity index (χ4n) is 3.23. The van der Waals surface area contributed by atoms with Gasteiger partial charge in [-0.15, -0.1) is 0 Å². The number of aromatic nitrogens is 2. The normalized spacial score (nSPS) is 11.3. The molecule has 0 amide bonds. The van der Waals surface area contributed by atoms with E-state index >= 15 is 0 Å². The van der Waals surface area contributed by atoms with E-state index in [1.165, 1.54) is 29.9 Å². The van der Waals surface area contributed by atoms with E-state index in [9.17, 15) is 23.3 Å². The molecule has 174 valence electrons. The highest BCUT2D eigenvalue weighted by Crippen LogP contribution is 2.35. The lowest BCUT2D eigenvalue weighted by Gasteiger charge is -2.14. The van der Waals surface area contributed by atoms with Crippen molar-refractivity contribution in [2.75, 3.05) is 5.75 Å². The Morgan fingerprint density at radius 1 is 1.19 bits per heavy atom. The van der Waals surface area contributed by atoms with Gasteiger partial charge in [-0.05, 0) is 58.2 Å². The minimum atomic E-state index is -3.90. The molecule has 0 unspecified atom stereocenters. The molecule has 0 aliphatic rings. The smallest absolute Gasteiger partial charge is 0.310 e. The topological polar surface area (TPSA) is 121 Å². The summed E-state index contributed by atoms with van der Waals surface area (Å²) in [6.45, 7) is 10.9. The molecule has 32 heavy (non-hydrogen) atoms. The summed E-state index contributed by atoms with van der Waals surface area (Å²) >= 11 is 0. The number of nitro benzene ring substituents is 1. The highest BCUT2D eigenvalue weighted by Gasteiger charge is 2.28. The van der Waals surface area contributed by atoms with Gasteiger partial charge in [0.1, 0.15) is 5.56 Å².